The van der Waals surface area contributed by atoms with Gasteiger partial charge in [0.05, 0.1) is 11.7 Å². The minimum Gasteiger partial charge on any atom is -0.447 e. The van der Waals surface area contributed by atoms with Crippen LogP contribution in [0.25, 0.3) is 0 Å². The number of benzene rings is 1. The molecule has 1 atom stereocenters. The summed E-state index contributed by atoms with van der Waals surface area (Å²) in [6, 6.07) is 10.2. The summed E-state index contributed by atoms with van der Waals surface area (Å²) in [7, 11) is -1.67. The van der Waals surface area contributed by atoms with Crippen LogP contribution in [0.1, 0.15) is 52.0 Å². The molecule has 0 saturated carbocycles. The molecule has 0 unspecified atom stereocenters. The normalized spacial score (nSPS) is 17.2. The Kier molecular flexibility index (Phi) is 8.32. The van der Waals surface area contributed by atoms with Crippen molar-refractivity contribution in [2.45, 2.75) is 77.0 Å². The van der Waals surface area contributed by atoms with E-state index in [1.165, 1.54) is 5.56 Å². The Hall–Kier alpha value is -1.81. The summed E-state index contributed by atoms with van der Waals surface area (Å²) >= 11 is 0. The number of ether oxygens (including phenoxy) is 1. The van der Waals surface area contributed by atoms with Gasteiger partial charge in [-0.05, 0) is 49.4 Å². The summed E-state index contributed by atoms with van der Waals surface area (Å²) < 4.78 is 11.6. The number of rotatable bonds is 10. The van der Waals surface area contributed by atoms with Crippen molar-refractivity contribution in [3.8, 4) is 0 Å². The molecular formula is C24H37NO3Si. The van der Waals surface area contributed by atoms with Crippen LogP contribution < -0.4 is 0 Å². The fraction of sp³-hybridized carbons (Fsp3) is 0.583. The average molecular weight is 416 g/mol. The number of carbonyl (C=O) groups is 1. The lowest BCUT2D eigenvalue weighted by atomic mass is 10.0. The monoisotopic (exact) mass is 415 g/mol. The third-order valence-corrected chi connectivity index (χ3v) is 10.6. The SMILES string of the molecule is C=C=C(CCCCCO[Si](C)(C)C(C)(C)C)N1C(=O)OC[C@H]1Cc1ccccc1. The number of carbonyl (C=O) groups excluding carboxylic acids is 1. The quantitative estimate of drug-likeness (QED) is 0.256. The van der Waals surface area contributed by atoms with E-state index in [1.807, 2.05) is 18.2 Å². The molecule has 0 spiro atoms. The summed E-state index contributed by atoms with van der Waals surface area (Å²) in [5.41, 5.74) is 5.04. The van der Waals surface area contributed by atoms with Gasteiger partial charge in [0.15, 0.2) is 8.32 Å². The van der Waals surface area contributed by atoms with E-state index in [9.17, 15) is 4.79 Å². The van der Waals surface area contributed by atoms with Gasteiger partial charge in [0, 0.05) is 6.61 Å². The second kappa shape index (κ2) is 10.3. The number of cyclic esters (lactones) is 1. The average Bonchev–Trinajstić information content (AvgIpc) is 3.01. The Morgan fingerprint density at radius 1 is 1.24 bits per heavy atom. The van der Waals surface area contributed by atoms with Crippen molar-refractivity contribution in [1.82, 2.24) is 4.90 Å². The summed E-state index contributed by atoms with van der Waals surface area (Å²) in [4.78, 5) is 14.1. The Labute approximate surface area is 177 Å². The second-order valence-corrected chi connectivity index (χ2v) is 14.1. The van der Waals surface area contributed by atoms with Crippen LogP contribution in [-0.4, -0.2) is 38.6 Å². The first-order chi connectivity index (χ1) is 13.7. The summed E-state index contributed by atoms with van der Waals surface area (Å²) in [5.74, 6) is 0. The Morgan fingerprint density at radius 2 is 1.93 bits per heavy atom. The molecule has 1 aliphatic rings. The molecule has 1 amide bonds. The fourth-order valence-electron chi connectivity index (χ4n) is 3.24. The first-order valence-electron chi connectivity index (χ1n) is 10.7. The number of unbranched alkanes of at least 4 members (excludes halogenated alkanes) is 2. The van der Waals surface area contributed by atoms with Crippen LogP contribution in [0.2, 0.25) is 18.1 Å². The molecule has 1 aromatic carbocycles. The van der Waals surface area contributed by atoms with E-state index in [-0.39, 0.29) is 17.2 Å². The maximum atomic E-state index is 12.3. The zero-order valence-corrected chi connectivity index (χ0v) is 19.8. The molecule has 29 heavy (non-hydrogen) atoms. The second-order valence-electron chi connectivity index (χ2n) is 9.33. The fourth-order valence-corrected chi connectivity index (χ4v) is 4.32. The molecular weight excluding hydrogens is 378 g/mol. The molecule has 2 rings (SSSR count). The van der Waals surface area contributed by atoms with E-state index in [4.69, 9.17) is 9.16 Å². The predicted molar refractivity (Wildman–Crippen MR) is 121 cm³/mol. The number of allylic oxidation sites excluding steroid dienone is 1. The number of hydrogen-bond donors (Lipinski definition) is 0. The standard InChI is InChI=1S/C24H37NO3Si/c1-7-21(16-12-9-13-17-28-29(5,6)24(2,3)4)25-22(19-27-23(25)26)18-20-14-10-8-11-15-20/h8,10-11,14-15,22H,1,9,12-13,16-19H2,2-6H3/t22-/m1/s1. The van der Waals surface area contributed by atoms with Gasteiger partial charge in [-0.1, -0.05) is 64.1 Å². The molecule has 1 aliphatic heterocycles. The van der Waals surface area contributed by atoms with Crippen molar-refractivity contribution in [3.63, 3.8) is 0 Å². The molecule has 0 aromatic heterocycles. The van der Waals surface area contributed by atoms with E-state index in [0.29, 0.717) is 6.61 Å². The molecule has 1 heterocycles. The minimum atomic E-state index is -1.67. The summed E-state index contributed by atoms with van der Waals surface area (Å²) in [6.07, 6.45) is 4.36. The predicted octanol–water partition coefficient (Wildman–Crippen LogP) is 6.30. The Morgan fingerprint density at radius 3 is 2.55 bits per heavy atom. The number of nitrogens with zero attached hydrogens (tertiary/aromatic N) is 1. The van der Waals surface area contributed by atoms with Crippen LogP contribution >= 0.6 is 0 Å². The highest BCUT2D eigenvalue weighted by Crippen LogP contribution is 2.36. The highest BCUT2D eigenvalue weighted by Gasteiger charge is 2.37. The molecule has 0 radical (unpaired) electrons. The van der Waals surface area contributed by atoms with Crippen molar-refractivity contribution in [3.05, 3.63) is 53.9 Å². The van der Waals surface area contributed by atoms with Crippen molar-refractivity contribution < 1.29 is 14.0 Å². The van der Waals surface area contributed by atoms with Crippen LogP contribution in [0.3, 0.4) is 0 Å². The van der Waals surface area contributed by atoms with Crippen molar-refractivity contribution in [1.29, 1.82) is 0 Å². The topological polar surface area (TPSA) is 38.8 Å². The lowest BCUT2D eigenvalue weighted by molar-refractivity contribution is 0.163. The van der Waals surface area contributed by atoms with Crippen LogP contribution in [0.5, 0.6) is 0 Å². The van der Waals surface area contributed by atoms with Gasteiger partial charge < -0.3 is 9.16 Å². The Bertz CT molecular complexity index is 717. The molecule has 0 bridgehead atoms. The number of amides is 1. The van der Waals surface area contributed by atoms with E-state index in [0.717, 1.165) is 44.4 Å². The molecule has 0 aliphatic carbocycles. The summed E-state index contributed by atoms with van der Waals surface area (Å²) in [6.45, 7) is 16.4. The van der Waals surface area contributed by atoms with Gasteiger partial charge in [0.25, 0.3) is 0 Å². The van der Waals surface area contributed by atoms with Crippen molar-refractivity contribution >= 4 is 14.4 Å². The molecule has 5 heteroatoms. The molecule has 1 fully saturated rings. The van der Waals surface area contributed by atoms with E-state index >= 15 is 0 Å². The van der Waals surface area contributed by atoms with Crippen molar-refractivity contribution in [2.24, 2.45) is 0 Å². The van der Waals surface area contributed by atoms with Gasteiger partial charge in [0.1, 0.15) is 6.61 Å². The third-order valence-electron chi connectivity index (χ3n) is 6.10. The van der Waals surface area contributed by atoms with E-state index in [2.05, 4.69) is 58.3 Å². The van der Waals surface area contributed by atoms with E-state index in [1.54, 1.807) is 4.90 Å². The number of hydrogen-bond acceptors (Lipinski definition) is 3. The zero-order valence-electron chi connectivity index (χ0n) is 18.8. The Balaban J connectivity index is 1.81. The highest BCUT2D eigenvalue weighted by molar-refractivity contribution is 6.74. The lowest BCUT2D eigenvalue weighted by Gasteiger charge is -2.36. The minimum absolute atomic E-state index is 0.0102. The first-order valence-corrected chi connectivity index (χ1v) is 13.6. The van der Waals surface area contributed by atoms with Crippen LogP contribution in [-0.2, 0) is 15.6 Å². The van der Waals surface area contributed by atoms with Crippen LogP contribution in [0.4, 0.5) is 4.79 Å². The van der Waals surface area contributed by atoms with Crippen molar-refractivity contribution in [2.75, 3.05) is 13.2 Å². The smallest absolute Gasteiger partial charge is 0.414 e. The zero-order chi connectivity index (χ0) is 21.5. The molecule has 1 aromatic rings. The molecule has 1 saturated heterocycles. The first kappa shape index (κ1) is 23.5. The third kappa shape index (κ3) is 6.60. The van der Waals surface area contributed by atoms with Gasteiger partial charge in [-0.25, -0.2) is 4.79 Å². The highest BCUT2D eigenvalue weighted by atomic mass is 28.4. The molecule has 160 valence electrons. The molecule has 0 N–H and O–H groups in total. The lowest BCUT2D eigenvalue weighted by Crippen LogP contribution is -2.40. The van der Waals surface area contributed by atoms with Gasteiger partial charge in [-0.2, -0.15) is 0 Å². The molecule has 4 nitrogen and oxygen atoms in total. The van der Waals surface area contributed by atoms with Crippen LogP contribution in [0.15, 0.2) is 48.3 Å². The maximum absolute atomic E-state index is 12.3. The van der Waals surface area contributed by atoms with E-state index < -0.39 is 8.32 Å². The largest absolute Gasteiger partial charge is 0.447 e. The van der Waals surface area contributed by atoms with Crippen LogP contribution in [0, 0.1) is 0 Å². The van der Waals surface area contributed by atoms with Gasteiger partial charge in [-0.15, -0.1) is 5.73 Å². The van der Waals surface area contributed by atoms with Gasteiger partial charge in [-0.3, -0.25) is 4.90 Å². The van der Waals surface area contributed by atoms with Gasteiger partial charge >= 0.3 is 6.09 Å². The summed E-state index contributed by atoms with van der Waals surface area (Å²) in [5, 5.41) is 0.246. The van der Waals surface area contributed by atoms with Gasteiger partial charge in [0.2, 0.25) is 0 Å². The maximum Gasteiger partial charge on any atom is 0.414 e.